The van der Waals surface area contributed by atoms with E-state index in [0.717, 1.165) is 6.54 Å². The molecule has 0 radical (unpaired) electrons. The summed E-state index contributed by atoms with van der Waals surface area (Å²) in [7, 11) is 0. The standard InChI is InChI=1S/C15H21ClFNO/c16-13-8-5-9-14(17)15(13)19-11-10-18-12-6-3-1-2-4-7-12/h5,8-9,12,18H,1-4,6-7,10-11H2. The van der Waals surface area contributed by atoms with Crippen molar-refractivity contribution in [2.75, 3.05) is 13.2 Å². The molecule has 0 aliphatic heterocycles. The zero-order valence-electron chi connectivity index (χ0n) is 11.1. The Hall–Kier alpha value is -0.800. The molecule has 0 spiro atoms. The highest BCUT2D eigenvalue weighted by Gasteiger charge is 2.12. The van der Waals surface area contributed by atoms with Crippen molar-refractivity contribution < 1.29 is 9.13 Å². The monoisotopic (exact) mass is 285 g/mol. The fraction of sp³-hybridized carbons (Fsp3) is 0.600. The lowest BCUT2D eigenvalue weighted by atomic mass is 10.1. The van der Waals surface area contributed by atoms with E-state index in [1.54, 1.807) is 12.1 Å². The zero-order valence-corrected chi connectivity index (χ0v) is 11.9. The molecular weight excluding hydrogens is 265 g/mol. The van der Waals surface area contributed by atoms with Crippen molar-refractivity contribution >= 4 is 11.6 Å². The molecule has 1 aliphatic carbocycles. The molecule has 0 saturated heterocycles. The van der Waals surface area contributed by atoms with Gasteiger partial charge in [0.25, 0.3) is 0 Å². The van der Waals surface area contributed by atoms with Crippen molar-refractivity contribution in [3.05, 3.63) is 29.0 Å². The molecule has 0 heterocycles. The van der Waals surface area contributed by atoms with Crippen molar-refractivity contribution in [3.63, 3.8) is 0 Å². The minimum Gasteiger partial charge on any atom is -0.488 e. The fourth-order valence-corrected chi connectivity index (χ4v) is 2.74. The number of rotatable bonds is 5. The van der Waals surface area contributed by atoms with E-state index in [9.17, 15) is 4.39 Å². The van der Waals surface area contributed by atoms with Gasteiger partial charge in [-0.15, -0.1) is 0 Å². The molecule has 19 heavy (non-hydrogen) atoms. The highest BCUT2D eigenvalue weighted by Crippen LogP contribution is 2.27. The first-order valence-electron chi connectivity index (χ1n) is 7.07. The van der Waals surface area contributed by atoms with Crippen molar-refractivity contribution in [2.24, 2.45) is 0 Å². The molecule has 1 fully saturated rings. The van der Waals surface area contributed by atoms with Crippen molar-refractivity contribution in [3.8, 4) is 5.75 Å². The molecule has 4 heteroatoms. The van der Waals surface area contributed by atoms with Gasteiger partial charge < -0.3 is 10.1 Å². The van der Waals surface area contributed by atoms with Crippen LogP contribution in [0.3, 0.4) is 0 Å². The number of para-hydroxylation sites is 1. The maximum absolute atomic E-state index is 13.5. The highest BCUT2D eigenvalue weighted by molar-refractivity contribution is 6.32. The van der Waals surface area contributed by atoms with E-state index in [0.29, 0.717) is 17.7 Å². The van der Waals surface area contributed by atoms with Crippen molar-refractivity contribution in [2.45, 2.75) is 44.6 Å². The summed E-state index contributed by atoms with van der Waals surface area (Å²) in [6.07, 6.45) is 7.77. The molecule has 106 valence electrons. The van der Waals surface area contributed by atoms with Gasteiger partial charge in [0, 0.05) is 12.6 Å². The van der Waals surface area contributed by atoms with Crippen LogP contribution in [0.5, 0.6) is 5.75 Å². The van der Waals surface area contributed by atoms with Crippen LogP contribution in [-0.4, -0.2) is 19.2 Å². The van der Waals surface area contributed by atoms with Gasteiger partial charge in [0.1, 0.15) is 6.61 Å². The molecule has 1 aromatic rings. The van der Waals surface area contributed by atoms with Crippen molar-refractivity contribution in [1.82, 2.24) is 5.32 Å². The van der Waals surface area contributed by atoms with E-state index in [4.69, 9.17) is 16.3 Å². The summed E-state index contributed by atoms with van der Waals surface area (Å²) in [5, 5.41) is 3.81. The van der Waals surface area contributed by atoms with E-state index in [1.165, 1.54) is 44.6 Å². The van der Waals surface area contributed by atoms with Crippen LogP contribution in [0.25, 0.3) is 0 Å². The summed E-state index contributed by atoms with van der Waals surface area (Å²) in [5.74, 6) is -0.242. The summed E-state index contributed by atoms with van der Waals surface area (Å²) in [6.45, 7) is 1.17. The topological polar surface area (TPSA) is 21.3 Å². The summed E-state index contributed by atoms with van der Waals surface area (Å²) in [6, 6.07) is 5.16. The molecule has 2 rings (SSSR count). The molecule has 0 amide bonds. The minimum absolute atomic E-state index is 0.159. The maximum atomic E-state index is 13.5. The Morgan fingerprint density at radius 1 is 1.21 bits per heavy atom. The van der Waals surface area contributed by atoms with Gasteiger partial charge in [-0.05, 0) is 25.0 Å². The summed E-state index contributed by atoms with van der Waals surface area (Å²) < 4.78 is 18.9. The number of hydrogen-bond donors (Lipinski definition) is 1. The van der Waals surface area contributed by atoms with Gasteiger partial charge in [0.2, 0.25) is 0 Å². The van der Waals surface area contributed by atoms with Gasteiger partial charge in [0.05, 0.1) is 5.02 Å². The molecule has 2 nitrogen and oxygen atoms in total. The molecule has 1 aromatic carbocycles. The Kier molecular flexibility index (Phi) is 5.93. The van der Waals surface area contributed by atoms with Gasteiger partial charge in [0.15, 0.2) is 11.6 Å². The predicted molar refractivity (Wildman–Crippen MR) is 76.4 cm³/mol. The van der Waals surface area contributed by atoms with E-state index in [-0.39, 0.29) is 5.75 Å². The Morgan fingerprint density at radius 3 is 2.63 bits per heavy atom. The Balaban J connectivity index is 1.71. The molecule has 0 aromatic heterocycles. The minimum atomic E-state index is -0.401. The lowest BCUT2D eigenvalue weighted by Crippen LogP contribution is -2.32. The van der Waals surface area contributed by atoms with E-state index >= 15 is 0 Å². The van der Waals surface area contributed by atoms with Crippen LogP contribution in [-0.2, 0) is 0 Å². The number of hydrogen-bond acceptors (Lipinski definition) is 2. The average molecular weight is 286 g/mol. The van der Waals surface area contributed by atoms with Gasteiger partial charge in [-0.1, -0.05) is 43.4 Å². The van der Waals surface area contributed by atoms with Gasteiger partial charge >= 0.3 is 0 Å². The number of benzene rings is 1. The second kappa shape index (κ2) is 7.71. The largest absolute Gasteiger partial charge is 0.488 e. The Bertz CT molecular complexity index is 371. The third kappa shape index (κ3) is 4.66. The van der Waals surface area contributed by atoms with Crippen molar-refractivity contribution in [1.29, 1.82) is 0 Å². The average Bonchev–Trinajstić information content (AvgIpc) is 2.66. The van der Waals surface area contributed by atoms with Gasteiger partial charge in [-0.3, -0.25) is 0 Å². The Morgan fingerprint density at radius 2 is 1.95 bits per heavy atom. The zero-order chi connectivity index (χ0) is 13.5. The molecule has 0 unspecified atom stereocenters. The summed E-state index contributed by atoms with van der Waals surface area (Å²) >= 11 is 5.89. The quantitative estimate of drug-likeness (QED) is 0.647. The van der Waals surface area contributed by atoms with E-state index in [1.807, 2.05) is 0 Å². The predicted octanol–water partition coefficient (Wildman–Crippen LogP) is 4.17. The van der Waals surface area contributed by atoms with Crippen LogP contribution < -0.4 is 10.1 Å². The van der Waals surface area contributed by atoms with Crippen LogP contribution in [0, 0.1) is 5.82 Å². The molecule has 0 atom stereocenters. The van der Waals surface area contributed by atoms with E-state index in [2.05, 4.69) is 5.32 Å². The smallest absolute Gasteiger partial charge is 0.173 e. The van der Waals surface area contributed by atoms with E-state index < -0.39 is 5.82 Å². The molecule has 0 bridgehead atoms. The van der Waals surface area contributed by atoms with Gasteiger partial charge in [-0.2, -0.15) is 0 Å². The van der Waals surface area contributed by atoms with Crippen LogP contribution in [0.15, 0.2) is 18.2 Å². The first kappa shape index (κ1) is 14.6. The van der Waals surface area contributed by atoms with Gasteiger partial charge in [-0.25, -0.2) is 4.39 Å². The SMILES string of the molecule is Fc1cccc(Cl)c1OCCNC1CCCCCC1. The van der Waals surface area contributed by atoms with Crippen LogP contribution in [0.2, 0.25) is 5.02 Å². The summed E-state index contributed by atoms with van der Waals surface area (Å²) in [5.41, 5.74) is 0. The fourth-order valence-electron chi connectivity index (χ4n) is 2.52. The highest BCUT2D eigenvalue weighted by atomic mass is 35.5. The second-order valence-electron chi connectivity index (χ2n) is 5.04. The summed E-state index contributed by atoms with van der Waals surface area (Å²) in [4.78, 5) is 0. The number of ether oxygens (including phenoxy) is 1. The van der Waals surface area contributed by atoms with Crippen LogP contribution >= 0.6 is 11.6 Å². The maximum Gasteiger partial charge on any atom is 0.173 e. The Labute approximate surface area is 119 Å². The first-order valence-corrected chi connectivity index (χ1v) is 7.45. The number of nitrogens with one attached hydrogen (secondary N) is 1. The van der Waals surface area contributed by atoms with Crippen LogP contribution in [0.1, 0.15) is 38.5 Å². The normalized spacial score (nSPS) is 17.2. The lowest BCUT2D eigenvalue weighted by molar-refractivity contribution is 0.287. The molecular formula is C15H21ClFNO. The molecule has 1 aliphatic rings. The molecule has 1 N–H and O–H groups in total. The lowest BCUT2D eigenvalue weighted by Gasteiger charge is -2.16. The third-order valence-corrected chi connectivity index (χ3v) is 3.85. The van der Waals surface area contributed by atoms with Crippen LogP contribution in [0.4, 0.5) is 4.39 Å². The first-order chi connectivity index (χ1) is 9.27. The molecule has 1 saturated carbocycles. The third-order valence-electron chi connectivity index (χ3n) is 3.56. The number of halogens is 2. The second-order valence-corrected chi connectivity index (χ2v) is 5.45.